The van der Waals surface area contributed by atoms with Crippen LogP contribution in [0.5, 0.6) is 0 Å². The first kappa shape index (κ1) is 21.6. The molecule has 0 bridgehead atoms. The molecule has 0 amide bonds. The topological polar surface area (TPSA) is 68.1 Å². The fraction of sp³-hybridized carbons (Fsp3) is 0.261. The van der Waals surface area contributed by atoms with Crippen molar-refractivity contribution in [3.8, 4) is 17.3 Å². The first-order valence-electron chi connectivity index (χ1n) is 10.1. The van der Waals surface area contributed by atoms with Crippen LogP contribution in [-0.2, 0) is 6.18 Å². The van der Waals surface area contributed by atoms with Gasteiger partial charge in [-0.1, -0.05) is 12.1 Å². The van der Waals surface area contributed by atoms with Crippen molar-refractivity contribution in [1.82, 2.24) is 14.9 Å². The molecule has 1 saturated heterocycles. The van der Waals surface area contributed by atoms with Crippen LogP contribution in [0.2, 0.25) is 0 Å². The van der Waals surface area contributed by atoms with Crippen molar-refractivity contribution in [3.63, 3.8) is 0 Å². The molecule has 1 aromatic heterocycles. The van der Waals surface area contributed by atoms with Crippen LogP contribution in [0.3, 0.4) is 0 Å². The van der Waals surface area contributed by atoms with E-state index in [2.05, 4.69) is 26.3 Å². The van der Waals surface area contributed by atoms with Crippen molar-refractivity contribution in [2.75, 3.05) is 43.4 Å². The molecule has 0 atom stereocenters. The van der Waals surface area contributed by atoms with Crippen LogP contribution in [0.1, 0.15) is 11.1 Å². The van der Waals surface area contributed by atoms with Gasteiger partial charge in [-0.15, -0.1) is 0 Å². The van der Waals surface area contributed by atoms with E-state index in [1.165, 1.54) is 12.3 Å². The standard InChI is InChI=1S/C23H21F3N6/c1-31-9-11-32(12-10-31)21-6-5-18(14-19(21)23(24,25)26)29-22-28-8-7-20(30-22)17-4-2-3-16(13-17)15-27/h2-8,13-14H,9-12H2,1H3,(H,28,29,30). The van der Waals surface area contributed by atoms with Gasteiger partial charge >= 0.3 is 6.18 Å². The number of nitriles is 1. The Morgan fingerprint density at radius 1 is 1.03 bits per heavy atom. The Morgan fingerprint density at radius 3 is 2.53 bits per heavy atom. The Labute approximate surface area is 183 Å². The monoisotopic (exact) mass is 438 g/mol. The third-order valence-electron chi connectivity index (χ3n) is 5.35. The number of nitrogens with one attached hydrogen (secondary N) is 1. The molecule has 1 N–H and O–H groups in total. The van der Waals surface area contributed by atoms with E-state index in [-0.39, 0.29) is 17.3 Å². The molecule has 164 valence electrons. The highest BCUT2D eigenvalue weighted by atomic mass is 19.4. The van der Waals surface area contributed by atoms with E-state index >= 15 is 0 Å². The zero-order valence-corrected chi connectivity index (χ0v) is 17.4. The Hall–Kier alpha value is -3.64. The number of rotatable bonds is 4. The molecule has 0 spiro atoms. The highest BCUT2D eigenvalue weighted by Gasteiger charge is 2.35. The van der Waals surface area contributed by atoms with Gasteiger partial charge in [-0.2, -0.15) is 18.4 Å². The van der Waals surface area contributed by atoms with Gasteiger partial charge in [-0.25, -0.2) is 9.97 Å². The van der Waals surface area contributed by atoms with Gasteiger partial charge in [0.1, 0.15) is 0 Å². The predicted molar refractivity (Wildman–Crippen MR) is 117 cm³/mol. The molecule has 6 nitrogen and oxygen atoms in total. The van der Waals surface area contributed by atoms with Gasteiger partial charge < -0.3 is 15.1 Å². The lowest BCUT2D eigenvalue weighted by atomic mass is 10.1. The van der Waals surface area contributed by atoms with E-state index in [0.29, 0.717) is 37.4 Å². The van der Waals surface area contributed by atoms with Crippen molar-refractivity contribution in [2.24, 2.45) is 0 Å². The average Bonchev–Trinajstić information content (AvgIpc) is 2.79. The third kappa shape index (κ3) is 4.81. The Kier molecular flexibility index (Phi) is 5.97. The summed E-state index contributed by atoms with van der Waals surface area (Å²) in [6.45, 7) is 2.51. The minimum Gasteiger partial charge on any atom is -0.368 e. The maximum atomic E-state index is 13.8. The van der Waals surface area contributed by atoms with Crippen molar-refractivity contribution in [2.45, 2.75) is 6.18 Å². The Bertz CT molecular complexity index is 1150. The van der Waals surface area contributed by atoms with Crippen molar-refractivity contribution >= 4 is 17.3 Å². The summed E-state index contributed by atoms with van der Waals surface area (Å²) in [6, 6.07) is 14.9. The molecular formula is C23H21F3N6. The van der Waals surface area contributed by atoms with Crippen LogP contribution in [0.4, 0.5) is 30.5 Å². The number of likely N-dealkylation sites (N-methyl/N-ethyl adjacent to an activating group) is 1. The summed E-state index contributed by atoms with van der Waals surface area (Å²) in [4.78, 5) is 12.4. The minimum absolute atomic E-state index is 0.172. The average molecular weight is 438 g/mol. The van der Waals surface area contributed by atoms with E-state index in [4.69, 9.17) is 5.26 Å². The maximum Gasteiger partial charge on any atom is 0.418 e. The van der Waals surface area contributed by atoms with Crippen molar-refractivity contribution < 1.29 is 13.2 Å². The van der Waals surface area contributed by atoms with Crippen LogP contribution < -0.4 is 10.2 Å². The first-order valence-corrected chi connectivity index (χ1v) is 10.1. The van der Waals surface area contributed by atoms with E-state index < -0.39 is 11.7 Å². The zero-order chi connectivity index (χ0) is 22.7. The summed E-state index contributed by atoms with van der Waals surface area (Å²) < 4.78 is 41.5. The molecule has 32 heavy (non-hydrogen) atoms. The number of aromatic nitrogens is 2. The summed E-state index contributed by atoms with van der Waals surface area (Å²) in [5.74, 6) is 0.172. The maximum absolute atomic E-state index is 13.8. The molecule has 0 aliphatic carbocycles. The molecule has 4 rings (SSSR count). The molecule has 0 radical (unpaired) electrons. The third-order valence-corrected chi connectivity index (χ3v) is 5.35. The lowest BCUT2D eigenvalue weighted by molar-refractivity contribution is -0.137. The number of benzene rings is 2. The van der Waals surface area contributed by atoms with Gasteiger partial charge in [0, 0.05) is 49.3 Å². The van der Waals surface area contributed by atoms with Crippen molar-refractivity contribution in [1.29, 1.82) is 5.26 Å². The number of piperazine rings is 1. The lowest BCUT2D eigenvalue weighted by Gasteiger charge is -2.35. The van der Waals surface area contributed by atoms with E-state index in [9.17, 15) is 13.2 Å². The summed E-state index contributed by atoms with van der Waals surface area (Å²) >= 11 is 0. The molecule has 0 saturated carbocycles. The lowest BCUT2D eigenvalue weighted by Crippen LogP contribution is -2.45. The molecule has 2 aromatic carbocycles. The quantitative estimate of drug-likeness (QED) is 0.646. The molecule has 0 unspecified atom stereocenters. The highest BCUT2D eigenvalue weighted by molar-refractivity contribution is 5.67. The number of halogens is 3. The Balaban J connectivity index is 1.61. The molecule has 9 heteroatoms. The molecule has 2 heterocycles. The molecule has 1 fully saturated rings. The number of anilines is 3. The van der Waals surface area contributed by atoms with Gasteiger partial charge in [-0.05, 0) is 43.4 Å². The second kappa shape index (κ2) is 8.85. The first-order chi connectivity index (χ1) is 15.3. The number of alkyl halides is 3. The SMILES string of the molecule is CN1CCN(c2ccc(Nc3nccc(-c4cccc(C#N)c4)n3)cc2C(F)(F)F)CC1. The van der Waals surface area contributed by atoms with Crippen LogP contribution in [-0.4, -0.2) is 48.1 Å². The van der Waals surface area contributed by atoms with Crippen LogP contribution in [0, 0.1) is 11.3 Å². The van der Waals surface area contributed by atoms with Gasteiger partial charge in [-0.3, -0.25) is 0 Å². The highest BCUT2D eigenvalue weighted by Crippen LogP contribution is 2.39. The summed E-state index contributed by atoms with van der Waals surface area (Å²) in [5, 5.41) is 12.0. The number of nitrogens with zero attached hydrogens (tertiary/aromatic N) is 5. The van der Waals surface area contributed by atoms with E-state index in [1.54, 1.807) is 41.3 Å². The van der Waals surface area contributed by atoms with E-state index in [0.717, 1.165) is 11.6 Å². The molecule has 3 aromatic rings. The second-order valence-corrected chi connectivity index (χ2v) is 7.60. The summed E-state index contributed by atoms with van der Waals surface area (Å²) in [7, 11) is 1.96. The fourth-order valence-corrected chi connectivity index (χ4v) is 3.62. The zero-order valence-electron chi connectivity index (χ0n) is 17.4. The molecule has 1 aliphatic heterocycles. The van der Waals surface area contributed by atoms with Crippen LogP contribution >= 0.6 is 0 Å². The number of hydrogen-bond donors (Lipinski definition) is 1. The second-order valence-electron chi connectivity index (χ2n) is 7.60. The van der Waals surface area contributed by atoms with Crippen molar-refractivity contribution in [3.05, 3.63) is 65.9 Å². The normalized spacial score (nSPS) is 14.8. The largest absolute Gasteiger partial charge is 0.418 e. The molecular weight excluding hydrogens is 417 g/mol. The van der Waals surface area contributed by atoms with Gasteiger partial charge in [0.25, 0.3) is 0 Å². The molecule has 1 aliphatic rings. The van der Waals surface area contributed by atoms with E-state index in [1.807, 2.05) is 7.05 Å². The Morgan fingerprint density at radius 2 is 1.81 bits per heavy atom. The minimum atomic E-state index is -4.49. The van der Waals surface area contributed by atoms with Gasteiger partial charge in [0.05, 0.1) is 22.9 Å². The summed E-state index contributed by atoms with van der Waals surface area (Å²) in [5.41, 5.74) is 1.51. The van der Waals surface area contributed by atoms with Gasteiger partial charge in [0.15, 0.2) is 0 Å². The predicted octanol–water partition coefficient (Wildman–Crippen LogP) is 4.53. The van der Waals surface area contributed by atoms with Crippen LogP contribution in [0.25, 0.3) is 11.3 Å². The fourth-order valence-electron chi connectivity index (χ4n) is 3.62. The smallest absolute Gasteiger partial charge is 0.368 e. The van der Waals surface area contributed by atoms with Gasteiger partial charge in [0.2, 0.25) is 5.95 Å². The summed E-state index contributed by atoms with van der Waals surface area (Å²) in [6.07, 6.45) is -2.97. The van der Waals surface area contributed by atoms with Crippen LogP contribution in [0.15, 0.2) is 54.7 Å². The number of hydrogen-bond acceptors (Lipinski definition) is 6.